The molecule has 0 aromatic heterocycles. The molecule has 1 rings (SSSR count). The van der Waals surface area contributed by atoms with Crippen LogP contribution < -0.4 is 24.0 Å². The van der Waals surface area contributed by atoms with Crippen LogP contribution in [-0.2, 0) is 5.33 Å². The Balaban J connectivity index is 0.00000121. The summed E-state index contributed by atoms with van der Waals surface area (Å²) in [6.07, 6.45) is 0. The van der Waals surface area contributed by atoms with E-state index in [0.717, 1.165) is 10.9 Å². The van der Waals surface area contributed by atoms with Gasteiger partial charge < -0.3 is 9.90 Å². The van der Waals surface area contributed by atoms with Crippen molar-refractivity contribution in [3.8, 4) is 0 Å². The van der Waals surface area contributed by atoms with Gasteiger partial charge in [0.05, 0.1) is 5.97 Å². The van der Waals surface area contributed by atoms with Gasteiger partial charge in [-0.15, -0.1) is 0 Å². The molecule has 1 aromatic carbocycles. The van der Waals surface area contributed by atoms with Crippen molar-refractivity contribution in [3.05, 3.63) is 35.4 Å². The zero-order chi connectivity index (χ0) is 8.27. The van der Waals surface area contributed by atoms with Gasteiger partial charge in [-0.25, -0.2) is 0 Å². The molecule has 12 heavy (non-hydrogen) atoms. The van der Waals surface area contributed by atoms with E-state index in [1.807, 2.05) is 0 Å². The van der Waals surface area contributed by atoms with Crippen LogP contribution in [0.15, 0.2) is 24.3 Å². The van der Waals surface area contributed by atoms with E-state index in [1.54, 1.807) is 12.1 Å². The van der Waals surface area contributed by atoms with E-state index in [9.17, 15) is 9.90 Å². The molecule has 0 atom stereocenters. The summed E-state index contributed by atoms with van der Waals surface area (Å²) in [4.78, 5) is 10.3. The standard InChI is InChI=1S/C8H7BrO2.Li/c9-5-6-1-3-7(4-2-6)8(10)11;/h1-4H,5H2,(H,10,11);/q;+1/p-1. The van der Waals surface area contributed by atoms with Crippen molar-refractivity contribution in [1.82, 2.24) is 0 Å². The average Bonchev–Trinajstić information content (AvgIpc) is 2.05. The first-order valence-corrected chi connectivity index (χ1v) is 4.22. The van der Waals surface area contributed by atoms with Crippen LogP contribution in [0.3, 0.4) is 0 Å². The molecule has 4 heteroatoms. The Morgan fingerprint density at radius 3 is 2.17 bits per heavy atom. The summed E-state index contributed by atoms with van der Waals surface area (Å²) in [5, 5.41) is 11.0. The van der Waals surface area contributed by atoms with Gasteiger partial charge in [0.1, 0.15) is 0 Å². The van der Waals surface area contributed by atoms with E-state index in [2.05, 4.69) is 15.9 Å². The first-order chi connectivity index (χ1) is 5.24. The van der Waals surface area contributed by atoms with Crippen LogP contribution in [0.5, 0.6) is 0 Å². The Hall–Kier alpha value is -0.233. The molecular formula is C8H6BrLiO2. The van der Waals surface area contributed by atoms with Crippen LogP contribution in [0.2, 0.25) is 0 Å². The van der Waals surface area contributed by atoms with Gasteiger partial charge in [-0.1, -0.05) is 40.2 Å². The molecular weight excluding hydrogens is 215 g/mol. The fraction of sp³-hybridized carbons (Fsp3) is 0.125. The van der Waals surface area contributed by atoms with Gasteiger partial charge in [-0.05, 0) is 11.1 Å². The first kappa shape index (κ1) is 11.8. The predicted molar refractivity (Wildman–Crippen MR) is 43.4 cm³/mol. The fourth-order valence-corrected chi connectivity index (χ4v) is 1.10. The Morgan fingerprint density at radius 2 is 1.83 bits per heavy atom. The van der Waals surface area contributed by atoms with Crippen LogP contribution in [0, 0.1) is 0 Å². The number of carboxylic acids is 1. The number of carbonyl (C=O) groups excluding carboxylic acids is 1. The Morgan fingerprint density at radius 1 is 1.33 bits per heavy atom. The third kappa shape index (κ3) is 3.02. The van der Waals surface area contributed by atoms with E-state index in [4.69, 9.17) is 0 Å². The van der Waals surface area contributed by atoms with Gasteiger partial charge in [0.2, 0.25) is 0 Å². The number of carbonyl (C=O) groups is 1. The molecule has 2 nitrogen and oxygen atoms in total. The maximum atomic E-state index is 10.3. The maximum absolute atomic E-state index is 10.3. The molecule has 0 bridgehead atoms. The minimum Gasteiger partial charge on any atom is -0.545 e. The summed E-state index contributed by atoms with van der Waals surface area (Å²) in [7, 11) is 0. The summed E-state index contributed by atoms with van der Waals surface area (Å²) in [5.74, 6) is -1.13. The van der Waals surface area contributed by atoms with Gasteiger partial charge in [0.15, 0.2) is 0 Å². The third-order valence-electron chi connectivity index (χ3n) is 1.34. The second kappa shape index (κ2) is 5.42. The van der Waals surface area contributed by atoms with E-state index in [-0.39, 0.29) is 24.4 Å². The van der Waals surface area contributed by atoms with E-state index in [1.165, 1.54) is 12.1 Å². The summed E-state index contributed by atoms with van der Waals surface area (Å²) in [5.41, 5.74) is 1.27. The molecule has 0 radical (unpaired) electrons. The molecule has 58 valence electrons. The zero-order valence-electron chi connectivity index (χ0n) is 6.71. The maximum Gasteiger partial charge on any atom is 1.00 e. The quantitative estimate of drug-likeness (QED) is 0.426. The largest absolute Gasteiger partial charge is 1.00 e. The number of alkyl halides is 1. The normalized spacial score (nSPS) is 8.75. The van der Waals surface area contributed by atoms with Crippen molar-refractivity contribution < 1.29 is 28.8 Å². The number of aromatic carboxylic acids is 1. The summed E-state index contributed by atoms with van der Waals surface area (Å²) in [6.45, 7) is 0. The SMILES string of the molecule is O=C([O-])c1ccc(CBr)cc1.[Li+]. The molecule has 0 N–H and O–H groups in total. The van der Waals surface area contributed by atoms with Gasteiger partial charge >= 0.3 is 18.9 Å². The fourth-order valence-electron chi connectivity index (χ4n) is 0.730. The smallest absolute Gasteiger partial charge is 0.545 e. The molecule has 0 aliphatic rings. The summed E-state index contributed by atoms with van der Waals surface area (Å²) < 4.78 is 0. The van der Waals surface area contributed by atoms with Crippen LogP contribution >= 0.6 is 15.9 Å². The van der Waals surface area contributed by atoms with Crippen LogP contribution in [0.1, 0.15) is 15.9 Å². The Bertz CT molecular complexity index is 258. The molecule has 0 heterocycles. The number of carboxylic acid groups (broad SMARTS) is 1. The van der Waals surface area contributed by atoms with E-state index < -0.39 is 5.97 Å². The van der Waals surface area contributed by atoms with Crippen molar-refractivity contribution in [2.45, 2.75) is 5.33 Å². The van der Waals surface area contributed by atoms with Crippen molar-refractivity contribution in [2.24, 2.45) is 0 Å². The van der Waals surface area contributed by atoms with Gasteiger partial charge in [-0.2, -0.15) is 0 Å². The van der Waals surface area contributed by atoms with Crippen molar-refractivity contribution in [2.75, 3.05) is 0 Å². The molecule has 0 aliphatic carbocycles. The van der Waals surface area contributed by atoms with Gasteiger partial charge in [-0.3, -0.25) is 0 Å². The Labute approximate surface area is 91.3 Å². The molecule has 1 aromatic rings. The van der Waals surface area contributed by atoms with Crippen molar-refractivity contribution in [1.29, 1.82) is 0 Å². The van der Waals surface area contributed by atoms with Gasteiger partial charge in [0, 0.05) is 5.33 Å². The molecule has 0 unspecified atom stereocenters. The molecule has 0 saturated carbocycles. The van der Waals surface area contributed by atoms with E-state index in [0.29, 0.717) is 0 Å². The first-order valence-electron chi connectivity index (χ1n) is 3.10. The predicted octanol–water partition coefficient (Wildman–Crippen LogP) is -2.05. The van der Waals surface area contributed by atoms with Crippen LogP contribution in [0.4, 0.5) is 0 Å². The minimum atomic E-state index is -1.13. The second-order valence-electron chi connectivity index (χ2n) is 2.12. The summed E-state index contributed by atoms with van der Waals surface area (Å²) in [6, 6.07) is 6.57. The second-order valence-corrected chi connectivity index (χ2v) is 2.68. The molecule has 0 amide bonds. The minimum absolute atomic E-state index is 0. The van der Waals surface area contributed by atoms with Crippen LogP contribution in [0.25, 0.3) is 0 Å². The van der Waals surface area contributed by atoms with Gasteiger partial charge in [0.25, 0.3) is 0 Å². The van der Waals surface area contributed by atoms with Crippen LogP contribution in [-0.4, -0.2) is 5.97 Å². The van der Waals surface area contributed by atoms with Crippen molar-refractivity contribution >= 4 is 21.9 Å². The third-order valence-corrected chi connectivity index (χ3v) is 1.99. The number of benzene rings is 1. The number of rotatable bonds is 2. The number of hydrogen-bond acceptors (Lipinski definition) is 2. The molecule has 0 saturated heterocycles. The topological polar surface area (TPSA) is 40.1 Å². The average molecular weight is 221 g/mol. The molecule has 0 aliphatic heterocycles. The zero-order valence-corrected chi connectivity index (χ0v) is 8.30. The summed E-state index contributed by atoms with van der Waals surface area (Å²) >= 11 is 3.26. The van der Waals surface area contributed by atoms with Crippen molar-refractivity contribution in [3.63, 3.8) is 0 Å². The number of halogens is 1. The molecule has 0 spiro atoms. The van der Waals surface area contributed by atoms with E-state index >= 15 is 0 Å². The number of hydrogen-bond donors (Lipinski definition) is 0. The Kier molecular flexibility index (Phi) is 5.31. The monoisotopic (exact) mass is 220 g/mol. The molecule has 0 fully saturated rings.